The average molecular weight is 337 g/mol. The summed E-state index contributed by atoms with van der Waals surface area (Å²) in [5.41, 5.74) is 0.780. The summed E-state index contributed by atoms with van der Waals surface area (Å²) in [6.45, 7) is 1.06. The van der Waals surface area contributed by atoms with E-state index in [9.17, 15) is 4.79 Å². The van der Waals surface area contributed by atoms with Crippen molar-refractivity contribution in [3.8, 4) is 0 Å². The van der Waals surface area contributed by atoms with E-state index in [1.165, 1.54) is 7.11 Å². The number of carbonyl (C=O) groups excluding carboxylic acids is 1. The summed E-state index contributed by atoms with van der Waals surface area (Å²) in [6, 6.07) is 4.71. The first-order chi connectivity index (χ1) is 8.60. The maximum atomic E-state index is 11.8. The van der Waals surface area contributed by atoms with Crippen molar-refractivity contribution in [3.05, 3.63) is 33.3 Å². The molecule has 0 radical (unpaired) electrons. The molecule has 1 rings (SSSR count). The van der Waals surface area contributed by atoms with Crippen LogP contribution in [0, 0.1) is 0 Å². The Bertz CT molecular complexity index is 414. The lowest BCUT2D eigenvalue weighted by atomic mass is 10.1. The van der Waals surface area contributed by atoms with Crippen molar-refractivity contribution in [1.29, 1.82) is 0 Å². The number of esters is 1. The molecule has 0 aliphatic carbocycles. The molecule has 0 saturated heterocycles. The maximum absolute atomic E-state index is 11.8. The van der Waals surface area contributed by atoms with E-state index in [-0.39, 0.29) is 5.97 Å². The predicted octanol–water partition coefficient (Wildman–Crippen LogP) is 2.55. The fourth-order valence-electron chi connectivity index (χ4n) is 1.48. The Kier molecular flexibility index (Phi) is 6.63. The minimum Gasteiger partial charge on any atom is -0.468 e. The third-order valence-corrected chi connectivity index (χ3v) is 3.29. The van der Waals surface area contributed by atoms with E-state index in [4.69, 9.17) is 21.1 Å². The van der Waals surface area contributed by atoms with Crippen molar-refractivity contribution in [2.45, 2.75) is 6.04 Å². The van der Waals surface area contributed by atoms with Crippen LogP contribution in [-0.4, -0.2) is 33.3 Å². The van der Waals surface area contributed by atoms with E-state index in [2.05, 4.69) is 21.2 Å². The minimum atomic E-state index is -0.545. The van der Waals surface area contributed by atoms with Gasteiger partial charge in [0, 0.05) is 23.1 Å². The molecule has 1 aromatic carbocycles. The maximum Gasteiger partial charge on any atom is 0.327 e. The highest BCUT2D eigenvalue weighted by Gasteiger charge is 2.22. The van der Waals surface area contributed by atoms with Gasteiger partial charge in [0.25, 0.3) is 0 Å². The molecule has 1 unspecified atom stereocenters. The van der Waals surface area contributed by atoms with Gasteiger partial charge in [-0.15, -0.1) is 0 Å². The molecule has 6 heteroatoms. The Balaban J connectivity index is 2.90. The van der Waals surface area contributed by atoms with Gasteiger partial charge >= 0.3 is 5.97 Å². The number of hydrogen-bond acceptors (Lipinski definition) is 4. The number of methoxy groups -OCH3 is 2. The molecular formula is C12H15BrClNO3. The molecule has 0 amide bonds. The van der Waals surface area contributed by atoms with Crippen LogP contribution in [0.1, 0.15) is 11.6 Å². The van der Waals surface area contributed by atoms with Crippen molar-refractivity contribution in [2.24, 2.45) is 0 Å². The summed E-state index contributed by atoms with van der Waals surface area (Å²) in [4.78, 5) is 11.8. The van der Waals surface area contributed by atoms with Gasteiger partial charge in [-0.05, 0) is 17.7 Å². The summed E-state index contributed by atoms with van der Waals surface area (Å²) in [7, 11) is 2.96. The van der Waals surface area contributed by atoms with Crippen LogP contribution in [-0.2, 0) is 14.3 Å². The Labute approximate surface area is 120 Å². The molecule has 1 aromatic rings. The van der Waals surface area contributed by atoms with E-state index in [0.717, 1.165) is 10.0 Å². The Morgan fingerprint density at radius 2 is 2.22 bits per heavy atom. The molecular weight excluding hydrogens is 321 g/mol. The molecule has 0 aliphatic heterocycles. The van der Waals surface area contributed by atoms with Gasteiger partial charge in [-0.3, -0.25) is 5.32 Å². The first-order valence-corrected chi connectivity index (χ1v) is 6.52. The highest BCUT2D eigenvalue weighted by atomic mass is 79.9. The van der Waals surface area contributed by atoms with E-state index in [1.54, 1.807) is 25.3 Å². The number of hydrogen-bond donors (Lipinski definition) is 1. The third-order valence-electron chi connectivity index (χ3n) is 2.37. The van der Waals surface area contributed by atoms with Crippen LogP contribution in [0.2, 0.25) is 5.02 Å². The quantitative estimate of drug-likeness (QED) is 0.641. The molecule has 0 fully saturated rings. The highest BCUT2D eigenvalue weighted by Crippen LogP contribution is 2.27. The SMILES string of the molecule is COCCNC(C(=O)OC)c1ccc(Cl)cc1Br. The number of carbonyl (C=O) groups is 1. The van der Waals surface area contributed by atoms with Crippen molar-refractivity contribution in [3.63, 3.8) is 0 Å². The summed E-state index contributed by atoms with van der Waals surface area (Å²) in [5, 5.41) is 3.68. The number of ether oxygens (including phenoxy) is 2. The summed E-state index contributed by atoms with van der Waals surface area (Å²) in [6.07, 6.45) is 0. The van der Waals surface area contributed by atoms with Crippen LogP contribution >= 0.6 is 27.5 Å². The fourth-order valence-corrected chi connectivity index (χ4v) is 2.39. The molecule has 0 heterocycles. The lowest BCUT2D eigenvalue weighted by Gasteiger charge is -2.18. The zero-order valence-electron chi connectivity index (χ0n) is 10.2. The number of halogens is 2. The molecule has 4 nitrogen and oxygen atoms in total. The molecule has 0 aromatic heterocycles. The second-order valence-electron chi connectivity index (χ2n) is 3.57. The molecule has 1 atom stereocenters. The topological polar surface area (TPSA) is 47.6 Å². The van der Waals surface area contributed by atoms with Gasteiger partial charge in [-0.2, -0.15) is 0 Å². The Hall–Kier alpha value is -0.620. The molecule has 100 valence electrons. The second kappa shape index (κ2) is 7.74. The van der Waals surface area contributed by atoms with Crippen molar-refractivity contribution < 1.29 is 14.3 Å². The molecule has 0 bridgehead atoms. The van der Waals surface area contributed by atoms with Crippen LogP contribution in [0.25, 0.3) is 0 Å². The normalized spacial score (nSPS) is 12.2. The van der Waals surface area contributed by atoms with Gasteiger partial charge in [0.1, 0.15) is 6.04 Å². The Morgan fingerprint density at radius 1 is 1.50 bits per heavy atom. The average Bonchev–Trinajstić information content (AvgIpc) is 2.35. The standard InChI is InChI=1S/C12H15BrClNO3/c1-17-6-5-15-11(12(16)18-2)9-4-3-8(14)7-10(9)13/h3-4,7,11,15H,5-6H2,1-2H3. The van der Waals surface area contributed by atoms with E-state index in [1.807, 2.05) is 0 Å². The smallest absolute Gasteiger partial charge is 0.327 e. The monoisotopic (exact) mass is 335 g/mol. The molecule has 0 spiro atoms. The minimum absolute atomic E-state index is 0.353. The zero-order chi connectivity index (χ0) is 13.5. The van der Waals surface area contributed by atoms with E-state index in [0.29, 0.717) is 18.2 Å². The van der Waals surface area contributed by atoms with Gasteiger partial charge in [0.05, 0.1) is 13.7 Å². The fraction of sp³-hybridized carbons (Fsp3) is 0.417. The van der Waals surface area contributed by atoms with Gasteiger partial charge in [-0.25, -0.2) is 4.79 Å². The van der Waals surface area contributed by atoms with Gasteiger partial charge < -0.3 is 9.47 Å². The largest absolute Gasteiger partial charge is 0.468 e. The summed E-state index contributed by atoms with van der Waals surface area (Å²) < 4.78 is 10.5. The van der Waals surface area contributed by atoms with Crippen LogP contribution < -0.4 is 5.32 Å². The molecule has 0 saturated carbocycles. The van der Waals surface area contributed by atoms with Crippen LogP contribution in [0.15, 0.2) is 22.7 Å². The summed E-state index contributed by atoms with van der Waals surface area (Å²) >= 11 is 9.27. The first-order valence-electron chi connectivity index (χ1n) is 5.35. The van der Waals surface area contributed by atoms with Crippen LogP contribution in [0.3, 0.4) is 0 Å². The first kappa shape index (κ1) is 15.4. The van der Waals surface area contributed by atoms with Crippen LogP contribution in [0.4, 0.5) is 0 Å². The van der Waals surface area contributed by atoms with Crippen molar-refractivity contribution >= 4 is 33.5 Å². The number of nitrogens with one attached hydrogen (secondary N) is 1. The lowest BCUT2D eigenvalue weighted by molar-refractivity contribution is -0.143. The molecule has 1 N–H and O–H groups in total. The van der Waals surface area contributed by atoms with Gasteiger partial charge in [0.15, 0.2) is 0 Å². The Morgan fingerprint density at radius 3 is 2.78 bits per heavy atom. The lowest BCUT2D eigenvalue weighted by Crippen LogP contribution is -2.32. The van der Waals surface area contributed by atoms with Crippen molar-refractivity contribution in [2.75, 3.05) is 27.4 Å². The second-order valence-corrected chi connectivity index (χ2v) is 4.86. The zero-order valence-corrected chi connectivity index (χ0v) is 12.5. The number of benzene rings is 1. The van der Waals surface area contributed by atoms with E-state index < -0.39 is 6.04 Å². The highest BCUT2D eigenvalue weighted by molar-refractivity contribution is 9.10. The predicted molar refractivity (Wildman–Crippen MR) is 73.8 cm³/mol. The molecule has 18 heavy (non-hydrogen) atoms. The third kappa shape index (κ3) is 4.24. The van der Waals surface area contributed by atoms with E-state index >= 15 is 0 Å². The van der Waals surface area contributed by atoms with Crippen LogP contribution in [0.5, 0.6) is 0 Å². The van der Waals surface area contributed by atoms with Crippen molar-refractivity contribution in [1.82, 2.24) is 5.32 Å². The van der Waals surface area contributed by atoms with Gasteiger partial charge in [0.2, 0.25) is 0 Å². The number of rotatable bonds is 6. The molecule has 0 aliphatic rings. The van der Waals surface area contributed by atoms with Gasteiger partial charge in [-0.1, -0.05) is 33.6 Å². The summed E-state index contributed by atoms with van der Waals surface area (Å²) in [5.74, 6) is -0.353.